The third kappa shape index (κ3) is 5.76. The lowest BCUT2D eigenvalue weighted by Crippen LogP contribution is -2.46. The molecule has 0 bridgehead atoms. The van der Waals surface area contributed by atoms with E-state index in [2.05, 4.69) is 32.6 Å². The summed E-state index contributed by atoms with van der Waals surface area (Å²) in [6, 6.07) is 3.85. The lowest BCUT2D eigenvalue weighted by atomic mass is 9.83. The summed E-state index contributed by atoms with van der Waals surface area (Å²) in [6.07, 6.45) is 8.68. The van der Waals surface area contributed by atoms with Gasteiger partial charge in [0, 0.05) is 43.2 Å². The summed E-state index contributed by atoms with van der Waals surface area (Å²) in [4.78, 5) is 21.1. The number of carbonyl (C=O) groups is 1. The van der Waals surface area contributed by atoms with Gasteiger partial charge in [-0.3, -0.25) is 9.48 Å². The van der Waals surface area contributed by atoms with Crippen LogP contribution in [0.25, 0.3) is 0 Å². The molecule has 1 amide bonds. The Morgan fingerprint density at radius 3 is 3.00 bits per heavy atom. The molecule has 0 spiro atoms. The van der Waals surface area contributed by atoms with E-state index in [1.165, 1.54) is 0 Å². The van der Waals surface area contributed by atoms with Crippen molar-refractivity contribution in [2.75, 3.05) is 18.5 Å². The molecule has 0 saturated heterocycles. The van der Waals surface area contributed by atoms with Crippen LogP contribution >= 0.6 is 0 Å². The molecule has 0 aliphatic heterocycles. The number of aryl methyl sites for hydroxylation is 1. The van der Waals surface area contributed by atoms with Crippen LogP contribution in [-0.4, -0.2) is 51.0 Å². The normalized spacial score (nSPS) is 22.0. The lowest BCUT2D eigenvalue weighted by Gasteiger charge is -2.36. The number of hydrogen-bond acceptors (Lipinski definition) is 6. The Balaban J connectivity index is 1.57. The predicted molar refractivity (Wildman–Crippen MR) is 107 cm³/mol. The first-order valence-electron chi connectivity index (χ1n) is 10.1. The fraction of sp³-hybridized carbons (Fsp3) is 0.600. The minimum Gasteiger partial charge on any atom is -0.376 e. The third-order valence-corrected chi connectivity index (χ3v) is 5.03. The number of aromatic nitrogens is 4. The molecule has 3 atom stereocenters. The number of amides is 1. The molecule has 2 heterocycles. The second-order valence-corrected chi connectivity index (χ2v) is 7.27. The fourth-order valence-electron chi connectivity index (χ4n) is 3.60. The fourth-order valence-corrected chi connectivity index (χ4v) is 3.60. The van der Waals surface area contributed by atoms with Crippen molar-refractivity contribution in [1.29, 1.82) is 0 Å². The molecule has 0 unspecified atom stereocenters. The molecule has 2 aromatic rings. The van der Waals surface area contributed by atoms with E-state index < -0.39 is 0 Å². The van der Waals surface area contributed by atoms with E-state index in [0.29, 0.717) is 13.1 Å². The second kappa shape index (κ2) is 10.2. The van der Waals surface area contributed by atoms with E-state index in [1.807, 2.05) is 29.9 Å². The van der Waals surface area contributed by atoms with Crippen molar-refractivity contribution in [2.24, 2.45) is 5.92 Å². The molecule has 1 aliphatic carbocycles. The third-order valence-electron chi connectivity index (χ3n) is 5.03. The summed E-state index contributed by atoms with van der Waals surface area (Å²) >= 11 is 0. The predicted octanol–water partition coefficient (Wildman–Crippen LogP) is 2.17. The Hall–Kier alpha value is -2.48. The van der Waals surface area contributed by atoms with Crippen molar-refractivity contribution in [3.63, 3.8) is 0 Å². The highest BCUT2D eigenvalue weighted by molar-refractivity contribution is 5.78. The topological polar surface area (TPSA) is 94.0 Å². The van der Waals surface area contributed by atoms with Gasteiger partial charge >= 0.3 is 0 Å². The van der Waals surface area contributed by atoms with Gasteiger partial charge in [-0.2, -0.15) is 5.10 Å². The van der Waals surface area contributed by atoms with Crippen LogP contribution in [0, 0.1) is 12.8 Å². The summed E-state index contributed by atoms with van der Waals surface area (Å²) in [6.45, 7) is 6.03. The minimum atomic E-state index is -0.0282. The Morgan fingerprint density at radius 2 is 2.25 bits per heavy atom. The van der Waals surface area contributed by atoms with Gasteiger partial charge in [-0.15, -0.1) is 0 Å². The lowest BCUT2D eigenvalue weighted by molar-refractivity contribution is -0.127. The van der Waals surface area contributed by atoms with E-state index in [9.17, 15) is 4.79 Å². The van der Waals surface area contributed by atoms with Gasteiger partial charge in [-0.1, -0.05) is 6.92 Å². The molecular weight excluding hydrogens is 356 g/mol. The summed E-state index contributed by atoms with van der Waals surface area (Å²) in [5, 5.41) is 10.7. The highest BCUT2D eigenvalue weighted by Crippen LogP contribution is 2.29. The van der Waals surface area contributed by atoms with Gasteiger partial charge in [-0.05, 0) is 38.7 Å². The van der Waals surface area contributed by atoms with Crippen LogP contribution in [-0.2, 0) is 16.1 Å². The van der Waals surface area contributed by atoms with Crippen LogP contribution in [0.15, 0.2) is 30.9 Å². The maximum Gasteiger partial charge on any atom is 0.223 e. The smallest absolute Gasteiger partial charge is 0.223 e. The number of rotatable bonds is 9. The van der Waals surface area contributed by atoms with E-state index in [-0.39, 0.29) is 24.0 Å². The number of nitrogens with one attached hydrogen (secondary N) is 2. The Morgan fingerprint density at radius 1 is 1.36 bits per heavy atom. The molecule has 8 nitrogen and oxygen atoms in total. The average molecular weight is 387 g/mol. The summed E-state index contributed by atoms with van der Waals surface area (Å²) in [5.41, 5.74) is 0.909. The molecule has 0 aromatic carbocycles. The number of anilines is 1. The summed E-state index contributed by atoms with van der Waals surface area (Å²) in [7, 11) is 0. The molecule has 152 valence electrons. The van der Waals surface area contributed by atoms with Crippen LogP contribution in [0.2, 0.25) is 0 Å². The number of nitrogens with zero attached hydrogens (tertiary/aromatic N) is 4. The molecule has 2 N–H and O–H groups in total. The molecular formula is C20H30N6O2. The SMILES string of the molecule is CCCO[C@@H]1CC[C@H](C(=O)NCCn2cccn2)C[C@H]1Nc1cc(C)ncn1. The minimum absolute atomic E-state index is 0.0282. The van der Waals surface area contributed by atoms with Gasteiger partial charge in [0.1, 0.15) is 12.1 Å². The van der Waals surface area contributed by atoms with Gasteiger partial charge in [0.05, 0.1) is 18.7 Å². The number of ether oxygens (including phenoxy) is 1. The van der Waals surface area contributed by atoms with Crippen molar-refractivity contribution in [1.82, 2.24) is 25.1 Å². The monoisotopic (exact) mass is 386 g/mol. The van der Waals surface area contributed by atoms with Crippen LogP contribution < -0.4 is 10.6 Å². The van der Waals surface area contributed by atoms with Crippen LogP contribution in [0.4, 0.5) is 5.82 Å². The molecule has 3 rings (SSSR count). The molecule has 0 radical (unpaired) electrons. The maximum absolute atomic E-state index is 12.7. The Bertz CT molecular complexity index is 736. The van der Waals surface area contributed by atoms with Crippen molar-refractivity contribution < 1.29 is 9.53 Å². The standard InChI is InChI=1S/C20H30N6O2/c1-3-11-28-18-6-5-16(20(27)21-8-10-26-9-4-7-24-26)13-17(18)25-19-12-15(2)22-14-23-19/h4,7,9,12,14,16-18H,3,5-6,8,10-11,13H2,1-2H3,(H,21,27)(H,22,23,25)/t16-,17+,18+/m0/s1. The van der Waals surface area contributed by atoms with Gasteiger partial charge in [0.15, 0.2) is 0 Å². The molecule has 1 fully saturated rings. The summed E-state index contributed by atoms with van der Waals surface area (Å²) < 4.78 is 7.87. The van der Waals surface area contributed by atoms with Gasteiger partial charge in [0.25, 0.3) is 0 Å². The molecule has 1 saturated carbocycles. The van der Waals surface area contributed by atoms with Crippen molar-refractivity contribution in [2.45, 2.75) is 58.2 Å². The zero-order chi connectivity index (χ0) is 19.8. The number of carbonyl (C=O) groups excluding carboxylic acids is 1. The first-order valence-corrected chi connectivity index (χ1v) is 10.1. The highest BCUT2D eigenvalue weighted by Gasteiger charge is 2.34. The van der Waals surface area contributed by atoms with E-state index in [4.69, 9.17) is 4.74 Å². The zero-order valence-electron chi connectivity index (χ0n) is 16.7. The van der Waals surface area contributed by atoms with Crippen LogP contribution in [0.1, 0.15) is 38.3 Å². The largest absolute Gasteiger partial charge is 0.376 e. The van der Waals surface area contributed by atoms with Crippen molar-refractivity contribution in [3.05, 3.63) is 36.5 Å². The molecule has 28 heavy (non-hydrogen) atoms. The average Bonchev–Trinajstić information content (AvgIpc) is 3.20. The quantitative estimate of drug-likeness (QED) is 0.686. The second-order valence-electron chi connectivity index (χ2n) is 7.27. The maximum atomic E-state index is 12.7. The number of hydrogen-bond donors (Lipinski definition) is 2. The van der Waals surface area contributed by atoms with E-state index in [0.717, 1.165) is 43.8 Å². The Labute approximate surface area is 166 Å². The molecule has 2 aromatic heterocycles. The van der Waals surface area contributed by atoms with E-state index in [1.54, 1.807) is 12.5 Å². The first-order chi connectivity index (χ1) is 13.7. The van der Waals surface area contributed by atoms with E-state index >= 15 is 0 Å². The van der Waals surface area contributed by atoms with Crippen molar-refractivity contribution >= 4 is 11.7 Å². The van der Waals surface area contributed by atoms with Crippen molar-refractivity contribution in [3.8, 4) is 0 Å². The highest BCUT2D eigenvalue weighted by atomic mass is 16.5. The molecule has 1 aliphatic rings. The van der Waals surface area contributed by atoms with Gasteiger partial charge in [0.2, 0.25) is 5.91 Å². The Kier molecular flexibility index (Phi) is 7.36. The van der Waals surface area contributed by atoms with Gasteiger partial charge < -0.3 is 15.4 Å². The first kappa shape index (κ1) is 20.3. The zero-order valence-corrected chi connectivity index (χ0v) is 16.7. The van der Waals surface area contributed by atoms with Crippen LogP contribution in [0.3, 0.4) is 0 Å². The summed E-state index contributed by atoms with van der Waals surface area (Å²) in [5.74, 6) is 0.855. The van der Waals surface area contributed by atoms with Crippen LogP contribution in [0.5, 0.6) is 0 Å². The van der Waals surface area contributed by atoms with Gasteiger partial charge in [-0.25, -0.2) is 9.97 Å². The molecule has 8 heteroatoms.